The lowest BCUT2D eigenvalue weighted by atomic mass is 9.97. The van der Waals surface area contributed by atoms with Crippen LogP contribution in [0.5, 0.6) is 0 Å². The van der Waals surface area contributed by atoms with Crippen LogP contribution in [0.2, 0.25) is 0 Å². The highest BCUT2D eigenvalue weighted by Gasteiger charge is 2.22. The molecule has 3 rings (SSSR count). The first kappa shape index (κ1) is 14.6. The second-order valence-electron chi connectivity index (χ2n) is 5.92. The minimum Gasteiger partial charge on any atom is -0.335 e. The zero-order chi connectivity index (χ0) is 15.5. The molecule has 2 aromatic rings. The van der Waals surface area contributed by atoms with Crippen LogP contribution in [0.25, 0.3) is 0 Å². The lowest BCUT2D eigenvalue weighted by molar-refractivity contribution is 0.207. The first-order valence-corrected chi connectivity index (χ1v) is 7.56. The fourth-order valence-corrected chi connectivity index (χ4v) is 2.85. The molecule has 116 valence electrons. The molecule has 0 aliphatic carbocycles. The number of urea groups is 1. The van der Waals surface area contributed by atoms with Gasteiger partial charge in [-0.05, 0) is 37.0 Å². The van der Waals surface area contributed by atoms with E-state index in [1.54, 1.807) is 11.1 Å². The zero-order valence-corrected chi connectivity index (χ0v) is 13.0. The fraction of sp³-hybridized carbons (Fsp3) is 0.438. The summed E-state index contributed by atoms with van der Waals surface area (Å²) in [4.78, 5) is 22.5. The number of hydrogen-bond donors (Lipinski definition) is 1. The number of aryl methyl sites for hydroxylation is 2. The number of fused-ring (bicyclic) bond motifs is 1. The molecule has 0 fully saturated rings. The fourth-order valence-electron chi connectivity index (χ4n) is 2.85. The van der Waals surface area contributed by atoms with Crippen LogP contribution >= 0.6 is 0 Å². The second-order valence-corrected chi connectivity index (χ2v) is 5.92. The molecule has 3 heterocycles. The number of carbonyl (C=O) groups is 1. The molecule has 0 radical (unpaired) electrons. The Balaban J connectivity index is 1.55. The van der Waals surface area contributed by atoms with Crippen molar-refractivity contribution in [2.45, 2.75) is 26.3 Å². The summed E-state index contributed by atoms with van der Waals surface area (Å²) in [5.41, 5.74) is 1.08. The SMILES string of the molecule is Cc1ccnc(NC(=O)N(C)CC2CCn3ccnc3C2)c1. The summed E-state index contributed by atoms with van der Waals surface area (Å²) in [5.74, 6) is 2.16. The molecule has 0 spiro atoms. The molecule has 0 bridgehead atoms. The largest absolute Gasteiger partial charge is 0.335 e. The van der Waals surface area contributed by atoms with E-state index >= 15 is 0 Å². The highest BCUT2D eigenvalue weighted by Crippen LogP contribution is 2.20. The maximum Gasteiger partial charge on any atom is 0.322 e. The van der Waals surface area contributed by atoms with Gasteiger partial charge in [0.25, 0.3) is 0 Å². The summed E-state index contributed by atoms with van der Waals surface area (Å²) in [6, 6.07) is 3.65. The molecule has 2 aromatic heterocycles. The number of hydrogen-bond acceptors (Lipinski definition) is 3. The third-order valence-electron chi connectivity index (χ3n) is 4.08. The summed E-state index contributed by atoms with van der Waals surface area (Å²) in [7, 11) is 1.83. The molecule has 1 atom stereocenters. The van der Waals surface area contributed by atoms with E-state index in [1.165, 1.54) is 0 Å². The van der Waals surface area contributed by atoms with Gasteiger partial charge < -0.3 is 9.47 Å². The summed E-state index contributed by atoms with van der Waals surface area (Å²) in [6.07, 6.45) is 7.56. The number of amides is 2. The van der Waals surface area contributed by atoms with Crippen molar-refractivity contribution in [3.63, 3.8) is 0 Å². The third-order valence-corrected chi connectivity index (χ3v) is 4.08. The van der Waals surface area contributed by atoms with Gasteiger partial charge in [-0.1, -0.05) is 0 Å². The smallest absolute Gasteiger partial charge is 0.322 e. The minimum atomic E-state index is -0.119. The van der Waals surface area contributed by atoms with E-state index in [2.05, 4.69) is 19.9 Å². The van der Waals surface area contributed by atoms with Crippen molar-refractivity contribution < 1.29 is 4.79 Å². The number of nitrogens with one attached hydrogen (secondary N) is 1. The molecule has 6 heteroatoms. The summed E-state index contributed by atoms with van der Waals surface area (Å²) < 4.78 is 2.19. The first-order valence-electron chi connectivity index (χ1n) is 7.56. The Morgan fingerprint density at radius 2 is 2.32 bits per heavy atom. The second kappa shape index (κ2) is 6.17. The van der Waals surface area contributed by atoms with Gasteiger partial charge in [0.15, 0.2) is 0 Å². The lowest BCUT2D eigenvalue weighted by Gasteiger charge is -2.27. The van der Waals surface area contributed by atoms with Crippen LogP contribution in [-0.2, 0) is 13.0 Å². The highest BCUT2D eigenvalue weighted by atomic mass is 16.2. The van der Waals surface area contributed by atoms with E-state index in [-0.39, 0.29) is 6.03 Å². The Bertz CT molecular complexity index is 666. The Morgan fingerprint density at radius 3 is 3.14 bits per heavy atom. The van der Waals surface area contributed by atoms with Gasteiger partial charge in [0.2, 0.25) is 0 Å². The van der Waals surface area contributed by atoms with Gasteiger partial charge >= 0.3 is 6.03 Å². The number of carbonyl (C=O) groups excluding carboxylic acids is 1. The molecule has 1 unspecified atom stereocenters. The predicted molar refractivity (Wildman–Crippen MR) is 84.7 cm³/mol. The molecule has 1 aliphatic heterocycles. The number of rotatable bonds is 3. The van der Waals surface area contributed by atoms with Crippen molar-refractivity contribution in [1.29, 1.82) is 0 Å². The van der Waals surface area contributed by atoms with Gasteiger partial charge in [-0.15, -0.1) is 0 Å². The summed E-state index contributed by atoms with van der Waals surface area (Å²) in [6.45, 7) is 3.69. The molecule has 22 heavy (non-hydrogen) atoms. The minimum absolute atomic E-state index is 0.119. The highest BCUT2D eigenvalue weighted by molar-refractivity contribution is 5.88. The van der Waals surface area contributed by atoms with E-state index in [0.717, 1.165) is 37.3 Å². The van der Waals surface area contributed by atoms with E-state index in [1.807, 2.05) is 38.5 Å². The molecule has 0 aromatic carbocycles. The van der Waals surface area contributed by atoms with E-state index in [4.69, 9.17) is 0 Å². The van der Waals surface area contributed by atoms with Crippen LogP contribution in [0.3, 0.4) is 0 Å². The van der Waals surface area contributed by atoms with E-state index in [0.29, 0.717) is 11.7 Å². The van der Waals surface area contributed by atoms with Crippen molar-refractivity contribution in [3.05, 3.63) is 42.1 Å². The standard InChI is InChI=1S/C16H21N5O/c1-12-3-5-17-14(9-12)19-16(22)20(2)11-13-4-7-21-8-6-18-15(21)10-13/h3,5-6,8-9,13H,4,7,10-11H2,1-2H3,(H,17,19,22). The van der Waals surface area contributed by atoms with Gasteiger partial charge in [-0.2, -0.15) is 0 Å². The molecule has 1 aliphatic rings. The quantitative estimate of drug-likeness (QED) is 0.946. The Kier molecular flexibility index (Phi) is 4.09. The Morgan fingerprint density at radius 1 is 1.45 bits per heavy atom. The van der Waals surface area contributed by atoms with Crippen LogP contribution in [0.4, 0.5) is 10.6 Å². The van der Waals surface area contributed by atoms with Crippen LogP contribution in [0, 0.1) is 12.8 Å². The number of nitrogens with zero attached hydrogens (tertiary/aromatic N) is 4. The van der Waals surface area contributed by atoms with E-state index < -0.39 is 0 Å². The average Bonchev–Trinajstić information content (AvgIpc) is 2.94. The van der Waals surface area contributed by atoms with Crippen LogP contribution < -0.4 is 5.32 Å². The average molecular weight is 299 g/mol. The van der Waals surface area contributed by atoms with Crippen LogP contribution in [-0.4, -0.2) is 39.1 Å². The third kappa shape index (κ3) is 3.27. The normalized spacial score (nSPS) is 16.9. The lowest BCUT2D eigenvalue weighted by Crippen LogP contribution is -2.37. The molecule has 1 N–H and O–H groups in total. The zero-order valence-electron chi connectivity index (χ0n) is 13.0. The summed E-state index contributed by atoms with van der Waals surface area (Å²) >= 11 is 0. The van der Waals surface area contributed by atoms with Crippen molar-refractivity contribution >= 4 is 11.8 Å². The molecule has 0 saturated heterocycles. The van der Waals surface area contributed by atoms with Crippen molar-refractivity contribution in [3.8, 4) is 0 Å². The topological polar surface area (TPSA) is 63.1 Å². The monoisotopic (exact) mass is 299 g/mol. The number of aromatic nitrogens is 3. The molecular formula is C16H21N5O. The molecule has 0 saturated carbocycles. The maximum atomic E-state index is 12.2. The first-order chi connectivity index (χ1) is 10.6. The van der Waals surface area contributed by atoms with E-state index in [9.17, 15) is 4.79 Å². The number of imidazole rings is 1. The van der Waals surface area contributed by atoms with Crippen molar-refractivity contribution in [1.82, 2.24) is 19.4 Å². The Hall–Kier alpha value is -2.37. The van der Waals surface area contributed by atoms with Gasteiger partial charge in [0.05, 0.1) is 0 Å². The van der Waals surface area contributed by atoms with Gasteiger partial charge in [-0.3, -0.25) is 5.32 Å². The number of pyridine rings is 1. The number of anilines is 1. The van der Waals surface area contributed by atoms with Gasteiger partial charge in [-0.25, -0.2) is 14.8 Å². The van der Waals surface area contributed by atoms with Crippen LogP contribution in [0.1, 0.15) is 17.8 Å². The maximum absolute atomic E-state index is 12.2. The molecule has 6 nitrogen and oxygen atoms in total. The molecular weight excluding hydrogens is 278 g/mol. The van der Waals surface area contributed by atoms with Crippen LogP contribution in [0.15, 0.2) is 30.7 Å². The molecule has 2 amide bonds. The van der Waals surface area contributed by atoms with Crippen molar-refractivity contribution in [2.24, 2.45) is 5.92 Å². The Labute approximate surface area is 130 Å². The predicted octanol–water partition coefficient (Wildman–Crippen LogP) is 2.31. The van der Waals surface area contributed by atoms with Gasteiger partial charge in [0.1, 0.15) is 11.6 Å². The summed E-state index contributed by atoms with van der Waals surface area (Å²) in [5, 5.41) is 2.84. The van der Waals surface area contributed by atoms with Crippen molar-refractivity contribution in [2.75, 3.05) is 18.9 Å². The van der Waals surface area contributed by atoms with Gasteiger partial charge in [0, 0.05) is 45.1 Å².